The summed E-state index contributed by atoms with van der Waals surface area (Å²) in [6, 6.07) is -1.25. The predicted molar refractivity (Wildman–Crippen MR) is 53.0 cm³/mol. The van der Waals surface area contributed by atoms with Gasteiger partial charge in [0.25, 0.3) is 0 Å². The summed E-state index contributed by atoms with van der Waals surface area (Å²) < 4.78 is 4.68. The number of amides is 1. The van der Waals surface area contributed by atoms with E-state index in [0.717, 1.165) is 0 Å². The number of carbonyl (C=O) groups excluding carboxylic acids is 1. The fraction of sp³-hybridized carbons (Fsp3) is 0.667. The van der Waals surface area contributed by atoms with Crippen molar-refractivity contribution < 1.29 is 29.3 Å². The number of carboxylic acids is 2. The summed E-state index contributed by atoms with van der Waals surface area (Å²) >= 11 is 0. The van der Waals surface area contributed by atoms with Crippen molar-refractivity contribution in [3.63, 3.8) is 0 Å². The van der Waals surface area contributed by atoms with E-state index in [-0.39, 0.29) is 18.9 Å². The van der Waals surface area contributed by atoms with Gasteiger partial charge in [0.05, 0.1) is 6.10 Å². The van der Waals surface area contributed by atoms with E-state index in [1.807, 2.05) is 0 Å². The molecule has 1 atom stereocenters. The highest BCUT2D eigenvalue weighted by Crippen LogP contribution is 1.99. The van der Waals surface area contributed by atoms with E-state index in [4.69, 9.17) is 10.2 Å². The molecule has 7 nitrogen and oxygen atoms in total. The third-order valence-corrected chi connectivity index (χ3v) is 1.58. The second kappa shape index (κ2) is 6.65. The fourth-order valence-corrected chi connectivity index (χ4v) is 0.916. The lowest BCUT2D eigenvalue weighted by atomic mass is 10.1. The first kappa shape index (κ1) is 14.2. The highest BCUT2D eigenvalue weighted by atomic mass is 16.6. The predicted octanol–water partition coefficient (Wildman–Crippen LogP) is 0.439. The number of rotatable bonds is 6. The number of hydrogen-bond acceptors (Lipinski definition) is 4. The zero-order chi connectivity index (χ0) is 12.7. The Morgan fingerprint density at radius 3 is 2.19 bits per heavy atom. The molecular formula is C9H15NO6. The van der Waals surface area contributed by atoms with Crippen LogP contribution in [0.3, 0.4) is 0 Å². The summed E-state index contributed by atoms with van der Waals surface area (Å²) in [7, 11) is 0. The summed E-state index contributed by atoms with van der Waals surface area (Å²) in [6.07, 6.45) is -1.75. The normalized spacial score (nSPS) is 11.9. The Bertz CT molecular complexity index is 275. The topological polar surface area (TPSA) is 113 Å². The first-order valence-corrected chi connectivity index (χ1v) is 4.74. The molecule has 0 aliphatic heterocycles. The summed E-state index contributed by atoms with van der Waals surface area (Å²) in [5.74, 6) is -2.41. The zero-order valence-electron chi connectivity index (χ0n) is 9.10. The van der Waals surface area contributed by atoms with E-state index in [0.29, 0.717) is 0 Å². The van der Waals surface area contributed by atoms with Crippen molar-refractivity contribution in [1.29, 1.82) is 0 Å². The van der Waals surface area contributed by atoms with Crippen LogP contribution < -0.4 is 5.32 Å². The lowest BCUT2D eigenvalue weighted by Crippen LogP contribution is -2.42. The molecule has 0 aromatic carbocycles. The quantitative estimate of drug-likeness (QED) is 0.613. The number of aliphatic carboxylic acids is 2. The highest BCUT2D eigenvalue weighted by Gasteiger charge is 2.21. The number of hydrogen-bond donors (Lipinski definition) is 3. The van der Waals surface area contributed by atoms with Crippen molar-refractivity contribution in [3.8, 4) is 0 Å². The van der Waals surface area contributed by atoms with Crippen LogP contribution in [0.2, 0.25) is 0 Å². The van der Waals surface area contributed by atoms with Crippen LogP contribution in [-0.2, 0) is 14.3 Å². The van der Waals surface area contributed by atoms with Crippen LogP contribution in [0.5, 0.6) is 0 Å². The zero-order valence-corrected chi connectivity index (χ0v) is 9.10. The lowest BCUT2D eigenvalue weighted by molar-refractivity contribution is -0.140. The van der Waals surface area contributed by atoms with E-state index < -0.39 is 24.1 Å². The minimum absolute atomic E-state index is 0.183. The van der Waals surface area contributed by atoms with Gasteiger partial charge in [-0.2, -0.15) is 0 Å². The van der Waals surface area contributed by atoms with Gasteiger partial charge < -0.3 is 20.3 Å². The van der Waals surface area contributed by atoms with Crippen LogP contribution in [0.25, 0.3) is 0 Å². The molecule has 0 aromatic rings. The molecule has 0 bridgehead atoms. The summed E-state index contributed by atoms with van der Waals surface area (Å²) in [4.78, 5) is 32.0. The molecule has 0 saturated heterocycles. The van der Waals surface area contributed by atoms with Gasteiger partial charge in [0, 0.05) is 6.42 Å². The van der Waals surface area contributed by atoms with Crippen molar-refractivity contribution in [2.24, 2.45) is 0 Å². The molecule has 0 aliphatic rings. The van der Waals surface area contributed by atoms with Gasteiger partial charge in [-0.25, -0.2) is 9.59 Å². The van der Waals surface area contributed by atoms with Crippen LogP contribution in [0.4, 0.5) is 4.79 Å². The minimum atomic E-state index is -1.29. The second-order valence-corrected chi connectivity index (χ2v) is 3.42. The molecule has 0 spiro atoms. The van der Waals surface area contributed by atoms with Gasteiger partial charge in [-0.05, 0) is 20.3 Å². The molecule has 1 amide bonds. The lowest BCUT2D eigenvalue weighted by Gasteiger charge is -2.14. The Balaban J connectivity index is 4.17. The summed E-state index contributed by atoms with van der Waals surface area (Å²) in [5.41, 5.74) is 0. The van der Waals surface area contributed by atoms with Crippen LogP contribution in [-0.4, -0.2) is 40.4 Å². The molecule has 0 heterocycles. The van der Waals surface area contributed by atoms with Gasteiger partial charge in [0.1, 0.15) is 6.04 Å². The summed E-state index contributed by atoms with van der Waals surface area (Å²) in [6.45, 7) is 3.24. The number of nitrogens with one attached hydrogen (secondary N) is 1. The fourth-order valence-electron chi connectivity index (χ4n) is 0.916. The third-order valence-electron chi connectivity index (χ3n) is 1.58. The van der Waals surface area contributed by atoms with Gasteiger partial charge in [-0.1, -0.05) is 0 Å². The van der Waals surface area contributed by atoms with E-state index in [9.17, 15) is 14.4 Å². The molecule has 92 valence electrons. The van der Waals surface area contributed by atoms with E-state index >= 15 is 0 Å². The van der Waals surface area contributed by atoms with Crippen molar-refractivity contribution in [2.45, 2.75) is 38.8 Å². The monoisotopic (exact) mass is 233 g/mol. The van der Waals surface area contributed by atoms with Crippen molar-refractivity contribution in [3.05, 3.63) is 0 Å². The first-order chi connectivity index (χ1) is 7.32. The average molecular weight is 233 g/mol. The number of ether oxygens (including phenoxy) is 1. The maximum absolute atomic E-state index is 11.1. The molecular weight excluding hydrogens is 218 g/mol. The van der Waals surface area contributed by atoms with Crippen LogP contribution >= 0.6 is 0 Å². The van der Waals surface area contributed by atoms with E-state index in [2.05, 4.69) is 10.1 Å². The molecule has 0 rings (SSSR count). The third kappa shape index (κ3) is 6.63. The smallest absolute Gasteiger partial charge is 0.408 e. The Kier molecular flexibility index (Phi) is 5.91. The highest BCUT2D eigenvalue weighted by molar-refractivity contribution is 5.80. The Labute approximate surface area is 92.4 Å². The number of carbonyl (C=O) groups is 3. The molecule has 1 unspecified atom stereocenters. The minimum Gasteiger partial charge on any atom is -0.481 e. The molecule has 3 N–H and O–H groups in total. The largest absolute Gasteiger partial charge is 0.481 e. The second-order valence-electron chi connectivity index (χ2n) is 3.42. The van der Waals surface area contributed by atoms with Gasteiger partial charge in [-0.15, -0.1) is 0 Å². The van der Waals surface area contributed by atoms with Gasteiger partial charge in [0.15, 0.2) is 0 Å². The molecule has 7 heteroatoms. The van der Waals surface area contributed by atoms with Gasteiger partial charge >= 0.3 is 18.0 Å². The molecule has 0 aromatic heterocycles. The number of carboxylic acid groups (broad SMARTS) is 2. The maximum atomic E-state index is 11.1. The Morgan fingerprint density at radius 2 is 1.81 bits per heavy atom. The molecule has 0 saturated carbocycles. The van der Waals surface area contributed by atoms with E-state index in [1.54, 1.807) is 13.8 Å². The van der Waals surface area contributed by atoms with Crippen LogP contribution in [0.1, 0.15) is 26.7 Å². The molecule has 16 heavy (non-hydrogen) atoms. The first-order valence-electron chi connectivity index (χ1n) is 4.74. The molecule has 0 fully saturated rings. The van der Waals surface area contributed by atoms with Crippen LogP contribution in [0.15, 0.2) is 0 Å². The maximum Gasteiger partial charge on any atom is 0.408 e. The SMILES string of the molecule is CC(C)OC(=O)NC(CCC(=O)O)C(=O)O. The Hall–Kier alpha value is -1.79. The standard InChI is InChI=1S/C9H15NO6/c1-5(2)16-9(15)10-6(8(13)14)3-4-7(11)12/h5-6H,3-4H2,1-2H3,(H,10,15)(H,11,12)(H,13,14). The number of alkyl carbamates (subject to hydrolysis) is 1. The summed E-state index contributed by atoms with van der Waals surface area (Å²) in [5, 5.41) is 19.2. The van der Waals surface area contributed by atoms with Gasteiger partial charge in [-0.3, -0.25) is 4.79 Å². The average Bonchev–Trinajstić information content (AvgIpc) is 2.09. The molecule has 0 radical (unpaired) electrons. The van der Waals surface area contributed by atoms with Gasteiger partial charge in [0.2, 0.25) is 0 Å². The van der Waals surface area contributed by atoms with Crippen molar-refractivity contribution >= 4 is 18.0 Å². The van der Waals surface area contributed by atoms with E-state index in [1.165, 1.54) is 0 Å². The molecule has 0 aliphatic carbocycles. The van der Waals surface area contributed by atoms with Crippen molar-refractivity contribution in [2.75, 3.05) is 0 Å². The van der Waals surface area contributed by atoms with Crippen LogP contribution in [0, 0.1) is 0 Å². The van der Waals surface area contributed by atoms with Crippen molar-refractivity contribution in [1.82, 2.24) is 5.32 Å². The Morgan fingerprint density at radius 1 is 1.25 bits per heavy atom.